The molecule has 0 radical (unpaired) electrons. The quantitative estimate of drug-likeness (QED) is 0.330. The molecule has 2 aliphatic heterocycles. The lowest BCUT2D eigenvalue weighted by Gasteiger charge is -2.35. The summed E-state index contributed by atoms with van der Waals surface area (Å²) < 4.78 is 17.4. The van der Waals surface area contributed by atoms with Crippen molar-refractivity contribution in [3.8, 4) is 5.75 Å². The SMILES string of the molecule is CN=C(NCCc1cc(C)ccc1OC)N1CCC(OCC2CCCCO2)CC1.I. The van der Waals surface area contributed by atoms with E-state index in [9.17, 15) is 0 Å². The van der Waals surface area contributed by atoms with Crippen LogP contribution in [0.15, 0.2) is 23.2 Å². The Morgan fingerprint density at radius 1 is 1.23 bits per heavy atom. The summed E-state index contributed by atoms with van der Waals surface area (Å²) >= 11 is 0. The number of methoxy groups -OCH3 is 1. The lowest BCUT2D eigenvalue weighted by atomic mass is 10.1. The smallest absolute Gasteiger partial charge is 0.193 e. The number of nitrogens with one attached hydrogen (secondary N) is 1. The van der Waals surface area contributed by atoms with Gasteiger partial charge in [0.2, 0.25) is 0 Å². The summed E-state index contributed by atoms with van der Waals surface area (Å²) in [5, 5.41) is 3.52. The summed E-state index contributed by atoms with van der Waals surface area (Å²) in [6.45, 7) is 6.54. The molecule has 1 unspecified atom stereocenters. The second kappa shape index (κ2) is 13.4. The van der Waals surface area contributed by atoms with E-state index in [4.69, 9.17) is 14.2 Å². The first-order valence-corrected chi connectivity index (χ1v) is 11.0. The Bertz CT molecular complexity index is 657. The number of benzene rings is 1. The molecule has 3 rings (SSSR count). The normalized spacial score (nSPS) is 20.6. The molecule has 1 aromatic rings. The van der Waals surface area contributed by atoms with Crippen molar-refractivity contribution in [1.82, 2.24) is 10.2 Å². The maximum Gasteiger partial charge on any atom is 0.193 e. The molecule has 6 nitrogen and oxygen atoms in total. The third kappa shape index (κ3) is 7.57. The second-order valence-corrected chi connectivity index (χ2v) is 8.05. The van der Waals surface area contributed by atoms with Crippen LogP contribution in [-0.4, -0.2) is 70.1 Å². The Morgan fingerprint density at radius 3 is 2.70 bits per heavy atom. The third-order valence-corrected chi connectivity index (χ3v) is 5.86. The van der Waals surface area contributed by atoms with Crippen LogP contribution in [0, 0.1) is 6.92 Å². The maximum atomic E-state index is 6.13. The van der Waals surface area contributed by atoms with Gasteiger partial charge in [-0.25, -0.2) is 0 Å². The first kappa shape index (κ1) is 25.2. The predicted molar refractivity (Wildman–Crippen MR) is 132 cm³/mol. The first-order valence-electron chi connectivity index (χ1n) is 11.0. The lowest BCUT2D eigenvalue weighted by Crippen LogP contribution is -2.47. The fraction of sp³-hybridized carbons (Fsp3) is 0.696. The van der Waals surface area contributed by atoms with Crippen LogP contribution in [0.25, 0.3) is 0 Å². The zero-order chi connectivity index (χ0) is 20.5. The number of piperidine rings is 1. The standard InChI is InChI=1S/C23H37N3O3.HI/c1-18-7-8-22(27-3)19(16-18)9-12-25-23(24-2)26-13-10-20(11-14-26)29-17-21-6-4-5-15-28-21;/h7-8,16,20-21H,4-6,9-15,17H2,1-3H3,(H,24,25);1H. The van der Waals surface area contributed by atoms with Crippen LogP contribution < -0.4 is 10.1 Å². The van der Waals surface area contributed by atoms with Gasteiger partial charge in [0, 0.05) is 33.3 Å². The van der Waals surface area contributed by atoms with E-state index < -0.39 is 0 Å². The van der Waals surface area contributed by atoms with Crippen molar-refractivity contribution < 1.29 is 14.2 Å². The van der Waals surface area contributed by atoms with Gasteiger partial charge >= 0.3 is 0 Å². The van der Waals surface area contributed by atoms with Crippen LogP contribution >= 0.6 is 24.0 Å². The minimum absolute atomic E-state index is 0. The van der Waals surface area contributed by atoms with Gasteiger partial charge in [-0.05, 0) is 57.1 Å². The summed E-state index contributed by atoms with van der Waals surface area (Å²) in [6, 6.07) is 6.33. The number of aliphatic imine (C=N–C) groups is 1. The molecule has 2 aliphatic rings. The van der Waals surface area contributed by atoms with Crippen LogP contribution in [0.2, 0.25) is 0 Å². The van der Waals surface area contributed by atoms with Gasteiger partial charge in [-0.1, -0.05) is 17.7 Å². The van der Waals surface area contributed by atoms with Crippen LogP contribution in [0.4, 0.5) is 0 Å². The Balaban J connectivity index is 0.00000320. The fourth-order valence-corrected chi connectivity index (χ4v) is 4.16. The number of guanidine groups is 1. The van der Waals surface area contributed by atoms with Crippen LogP contribution in [0.5, 0.6) is 5.75 Å². The lowest BCUT2D eigenvalue weighted by molar-refractivity contribution is -0.0721. The van der Waals surface area contributed by atoms with Gasteiger partial charge < -0.3 is 24.4 Å². The summed E-state index contributed by atoms with van der Waals surface area (Å²) in [6.07, 6.45) is 7.23. The second-order valence-electron chi connectivity index (χ2n) is 8.05. The van der Waals surface area contributed by atoms with E-state index >= 15 is 0 Å². The molecule has 0 saturated carbocycles. The van der Waals surface area contributed by atoms with Crippen molar-refractivity contribution in [2.24, 2.45) is 4.99 Å². The number of ether oxygens (including phenoxy) is 3. The minimum atomic E-state index is 0. The molecule has 0 bridgehead atoms. The number of likely N-dealkylation sites (tertiary alicyclic amines) is 1. The Morgan fingerprint density at radius 2 is 2.03 bits per heavy atom. The van der Waals surface area contributed by atoms with Gasteiger partial charge in [-0.2, -0.15) is 0 Å². The highest BCUT2D eigenvalue weighted by atomic mass is 127. The van der Waals surface area contributed by atoms with Gasteiger partial charge in [0.05, 0.1) is 25.9 Å². The molecular formula is C23H38IN3O3. The van der Waals surface area contributed by atoms with E-state index in [0.717, 1.165) is 70.2 Å². The topological polar surface area (TPSA) is 55.3 Å². The molecule has 2 fully saturated rings. The molecule has 0 aromatic heterocycles. The van der Waals surface area contributed by atoms with Gasteiger partial charge in [0.15, 0.2) is 5.96 Å². The molecule has 2 saturated heterocycles. The zero-order valence-electron chi connectivity index (χ0n) is 18.7. The third-order valence-electron chi connectivity index (χ3n) is 5.86. The number of hydrogen-bond donors (Lipinski definition) is 1. The van der Waals surface area contributed by atoms with Gasteiger partial charge in [-0.3, -0.25) is 4.99 Å². The van der Waals surface area contributed by atoms with Gasteiger partial charge in [0.1, 0.15) is 5.75 Å². The van der Waals surface area contributed by atoms with E-state index in [-0.39, 0.29) is 24.0 Å². The minimum Gasteiger partial charge on any atom is -0.496 e. The van der Waals surface area contributed by atoms with Crippen molar-refractivity contribution in [3.05, 3.63) is 29.3 Å². The molecule has 1 aromatic carbocycles. The predicted octanol–water partition coefficient (Wildman–Crippen LogP) is 3.79. The van der Waals surface area contributed by atoms with Gasteiger partial charge in [-0.15, -0.1) is 24.0 Å². The van der Waals surface area contributed by atoms with Crippen LogP contribution in [-0.2, 0) is 15.9 Å². The Kier molecular flexibility index (Phi) is 11.2. The number of rotatable bonds is 7. The zero-order valence-corrected chi connectivity index (χ0v) is 21.0. The number of nitrogens with zero attached hydrogens (tertiary/aromatic N) is 2. The maximum absolute atomic E-state index is 6.13. The molecule has 2 heterocycles. The molecule has 0 spiro atoms. The summed E-state index contributed by atoms with van der Waals surface area (Å²) in [5.74, 6) is 1.93. The highest BCUT2D eigenvalue weighted by Crippen LogP contribution is 2.20. The molecular weight excluding hydrogens is 493 g/mol. The molecule has 30 heavy (non-hydrogen) atoms. The van der Waals surface area contributed by atoms with E-state index in [1.165, 1.54) is 24.0 Å². The van der Waals surface area contributed by atoms with E-state index in [2.05, 4.69) is 34.3 Å². The van der Waals surface area contributed by atoms with Crippen LogP contribution in [0.1, 0.15) is 43.2 Å². The largest absolute Gasteiger partial charge is 0.496 e. The highest BCUT2D eigenvalue weighted by molar-refractivity contribution is 14.0. The summed E-state index contributed by atoms with van der Waals surface area (Å²) in [5.41, 5.74) is 2.48. The number of hydrogen-bond acceptors (Lipinski definition) is 4. The van der Waals surface area contributed by atoms with E-state index in [0.29, 0.717) is 12.2 Å². The van der Waals surface area contributed by atoms with Crippen molar-refractivity contribution in [2.45, 2.75) is 57.7 Å². The van der Waals surface area contributed by atoms with Crippen LogP contribution in [0.3, 0.4) is 0 Å². The van der Waals surface area contributed by atoms with E-state index in [1.54, 1.807) is 7.11 Å². The average molecular weight is 531 g/mol. The highest BCUT2D eigenvalue weighted by Gasteiger charge is 2.23. The molecule has 0 aliphatic carbocycles. The molecule has 0 amide bonds. The molecule has 1 N–H and O–H groups in total. The van der Waals surface area contributed by atoms with E-state index in [1.807, 2.05) is 13.1 Å². The van der Waals surface area contributed by atoms with Gasteiger partial charge in [0.25, 0.3) is 0 Å². The van der Waals surface area contributed by atoms with Crippen molar-refractivity contribution in [3.63, 3.8) is 0 Å². The summed E-state index contributed by atoms with van der Waals surface area (Å²) in [4.78, 5) is 6.82. The molecule has 170 valence electrons. The number of halogens is 1. The fourth-order valence-electron chi connectivity index (χ4n) is 4.16. The van der Waals surface area contributed by atoms with Crippen molar-refractivity contribution in [2.75, 3.05) is 47.0 Å². The monoisotopic (exact) mass is 531 g/mol. The Hall–Kier alpha value is -1.06. The Labute approximate surface area is 198 Å². The van der Waals surface area contributed by atoms with Crippen molar-refractivity contribution >= 4 is 29.9 Å². The first-order chi connectivity index (χ1) is 14.2. The number of aryl methyl sites for hydroxylation is 1. The summed E-state index contributed by atoms with van der Waals surface area (Å²) in [7, 11) is 3.59. The van der Waals surface area contributed by atoms with Crippen molar-refractivity contribution in [1.29, 1.82) is 0 Å². The molecule has 1 atom stereocenters. The average Bonchev–Trinajstić information content (AvgIpc) is 2.77. The molecule has 7 heteroatoms.